The Balaban J connectivity index is 2.26. The van der Waals surface area contributed by atoms with Gasteiger partial charge in [-0.05, 0) is 44.5 Å². The predicted molar refractivity (Wildman–Crippen MR) is 75.1 cm³/mol. The number of hydrogen-bond acceptors (Lipinski definition) is 3. The zero-order valence-corrected chi connectivity index (χ0v) is 11.9. The van der Waals surface area contributed by atoms with E-state index in [1.807, 2.05) is 17.9 Å². The minimum Gasteiger partial charge on any atom is -0.369 e. The summed E-state index contributed by atoms with van der Waals surface area (Å²) in [6.45, 7) is 4.27. The number of benzene rings is 1. The molecule has 2 rings (SSSR count). The fraction of sp³-hybridized carbons (Fsp3) is 0.533. The largest absolute Gasteiger partial charge is 0.416 e. The molecule has 0 amide bonds. The zero-order valence-electron chi connectivity index (χ0n) is 11.9. The molecule has 1 fully saturated rings. The van der Waals surface area contributed by atoms with E-state index in [-0.39, 0.29) is 5.56 Å². The SMILES string of the molecule is CCN(CC1CCCN1)c1ccc(C(F)(F)F)cc1C#N. The highest BCUT2D eigenvalue weighted by molar-refractivity contribution is 5.61. The number of anilines is 1. The molecular formula is C15H18F3N3. The van der Waals surface area contributed by atoms with Crippen LogP contribution in [-0.2, 0) is 6.18 Å². The minimum atomic E-state index is -4.42. The number of alkyl halides is 3. The summed E-state index contributed by atoms with van der Waals surface area (Å²) in [7, 11) is 0. The van der Waals surface area contributed by atoms with Crippen molar-refractivity contribution in [1.29, 1.82) is 5.26 Å². The molecular weight excluding hydrogens is 279 g/mol. The van der Waals surface area contributed by atoms with E-state index in [9.17, 15) is 13.2 Å². The van der Waals surface area contributed by atoms with Crippen LogP contribution in [0.2, 0.25) is 0 Å². The maximum Gasteiger partial charge on any atom is 0.416 e. The predicted octanol–water partition coefficient (Wildman–Crippen LogP) is 3.16. The molecule has 114 valence electrons. The Labute approximate surface area is 122 Å². The Morgan fingerprint density at radius 1 is 1.43 bits per heavy atom. The molecule has 0 radical (unpaired) electrons. The third-order valence-electron chi connectivity index (χ3n) is 3.77. The van der Waals surface area contributed by atoms with Crippen LogP contribution in [0.5, 0.6) is 0 Å². The Morgan fingerprint density at radius 3 is 2.71 bits per heavy atom. The maximum absolute atomic E-state index is 12.7. The Morgan fingerprint density at radius 2 is 2.19 bits per heavy atom. The second kappa shape index (κ2) is 6.35. The lowest BCUT2D eigenvalue weighted by Gasteiger charge is -2.27. The van der Waals surface area contributed by atoms with Gasteiger partial charge in [0.05, 0.1) is 16.8 Å². The van der Waals surface area contributed by atoms with Gasteiger partial charge in [-0.2, -0.15) is 18.4 Å². The lowest BCUT2D eigenvalue weighted by molar-refractivity contribution is -0.137. The van der Waals surface area contributed by atoms with Gasteiger partial charge in [0.15, 0.2) is 0 Å². The lowest BCUT2D eigenvalue weighted by Crippen LogP contribution is -2.37. The highest BCUT2D eigenvalue weighted by atomic mass is 19.4. The van der Waals surface area contributed by atoms with Crippen LogP contribution in [0.4, 0.5) is 18.9 Å². The highest BCUT2D eigenvalue weighted by Gasteiger charge is 2.31. The smallest absolute Gasteiger partial charge is 0.369 e. The van der Waals surface area contributed by atoms with Gasteiger partial charge in [-0.15, -0.1) is 0 Å². The van der Waals surface area contributed by atoms with Gasteiger partial charge in [0.1, 0.15) is 6.07 Å². The van der Waals surface area contributed by atoms with Crippen molar-refractivity contribution in [1.82, 2.24) is 5.32 Å². The van der Waals surface area contributed by atoms with Gasteiger partial charge < -0.3 is 10.2 Å². The summed E-state index contributed by atoms with van der Waals surface area (Å²) in [5, 5.41) is 12.5. The van der Waals surface area contributed by atoms with E-state index in [1.54, 1.807) is 0 Å². The summed E-state index contributed by atoms with van der Waals surface area (Å²) >= 11 is 0. The summed E-state index contributed by atoms with van der Waals surface area (Å²) < 4.78 is 38.1. The third kappa shape index (κ3) is 3.67. The van der Waals surface area contributed by atoms with Crippen LogP contribution in [0.15, 0.2) is 18.2 Å². The van der Waals surface area contributed by atoms with Gasteiger partial charge in [-0.25, -0.2) is 0 Å². The van der Waals surface area contributed by atoms with Crippen molar-refractivity contribution in [2.24, 2.45) is 0 Å². The molecule has 1 aliphatic rings. The van der Waals surface area contributed by atoms with Crippen molar-refractivity contribution in [3.05, 3.63) is 29.3 Å². The van der Waals surface area contributed by atoms with Crippen molar-refractivity contribution >= 4 is 5.69 Å². The second-order valence-electron chi connectivity index (χ2n) is 5.17. The van der Waals surface area contributed by atoms with E-state index < -0.39 is 11.7 Å². The van der Waals surface area contributed by atoms with Crippen molar-refractivity contribution in [3.63, 3.8) is 0 Å². The van der Waals surface area contributed by atoms with Crippen molar-refractivity contribution in [2.75, 3.05) is 24.5 Å². The van der Waals surface area contributed by atoms with Gasteiger partial charge >= 0.3 is 6.18 Å². The molecule has 1 aromatic carbocycles. The molecule has 0 saturated carbocycles. The molecule has 1 atom stereocenters. The fourth-order valence-corrected chi connectivity index (χ4v) is 2.65. The van der Waals surface area contributed by atoms with E-state index in [2.05, 4.69) is 5.32 Å². The van der Waals surface area contributed by atoms with Crippen LogP contribution in [-0.4, -0.2) is 25.7 Å². The molecule has 1 saturated heterocycles. The minimum absolute atomic E-state index is 0.0738. The summed E-state index contributed by atoms with van der Waals surface area (Å²) in [4.78, 5) is 1.96. The Kier molecular flexibility index (Phi) is 4.73. The van der Waals surface area contributed by atoms with Gasteiger partial charge in [0, 0.05) is 19.1 Å². The van der Waals surface area contributed by atoms with Gasteiger partial charge in [-0.3, -0.25) is 0 Å². The molecule has 0 aliphatic carbocycles. The second-order valence-corrected chi connectivity index (χ2v) is 5.17. The topological polar surface area (TPSA) is 39.1 Å². The van der Waals surface area contributed by atoms with Crippen molar-refractivity contribution in [3.8, 4) is 6.07 Å². The average molecular weight is 297 g/mol. The number of halogens is 3. The molecule has 1 N–H and O–H groups in total. The number of likely N-dealkylation sites (N-methyl/N-ethyl adjacent to an activating group) is 1. The van der Waals surface area contributed by atoms with E-state index in [0.717, 1.165) is 31.5 Å². The van der Waals surface area contributed by atoms with Crippen LogP contribution < -0.4 is 10.2 Å². The molecule has 1 aromatic rings. The van der Waals surface area contributed by atoms with Crippen LogP contribution in [0.25, 0.3) is 0 Å². The average Bonchev–Trinajstić information content (AvgIpc) is 2.96. The van der Waals surface area contributed by atoms with Gasteiger partial charge in [0.25, 0.3) is 0 Å². The number of nitrogens with one attached hydrogen (secondary N) is 1. The van der Waals surface area contributed by atoms with Crippen LogP contribution in [0.3, 0.4) is 0 Å². The first kappa shape index (κ1) is 15.6. The molecule has 0 aromatic heterocycles. The van der Waals surface area contributed by atoms with Crippen molar-refractivity contribution in [2.45, 2.75) is 32.0 Å². The monoisotopic (exact) mass is 297 g/mol. The van der Waals surface area contributed by atoms with Gasteiger partial charge in [-0.1, -0.05) is 0 Å². The van der Waals surface area contributed by atoms with Crippen LogP contribution in [0.1, 0.15) is 30.9 Å². The number of hydrogen-bond donors (Lipinski definition) is 1. The highest BCUT2D eigenvalue weighted by Crippen LogP contribution is 2.32. The number of rotatable bonds is 4. The zero-order chi connectivity index (χ0) is 15.5. The maximum atomic E-state index is 12.7. The standard InChI is InChI=1S/C15H18F3N3/c1-2-21(10-13-4-3-7-20-13)14-6-5-12(15(16,17)18)8-11(14)9-19/h5-6,8,13,20H,2-4,7,10H2,1H3. The first-order chi connectivity index (χ1) is 9.95. The molecule has 21 heavy (non-hydrogen) atoms. The molecule has 1 heterocycles. The molecule has 6 heteroatoms. The Bertz CT molecular complexity index is 528. The van der Waals surface area contributed by atoms with Crippen LogP contribution >= 0.6 is 0 Å². The summed E-state index contributed by atoms with van der Waals surface area (Å²) in [6.07, 6.45) is -2.26. The van der Waals surface area contributed by atoms with Crippen LogP contribution in [0, 0.1) is 11.3 Å². The molecule has 0 spiro atoms. The molecule has 1 unspecified atom stereocenters. The number of nitriles is 1. The van der Waals surface area contributed by atoms with E-state index in [4.69, 9.17) is 5.26 Å². The summed E-state index contributed by atoms with van der Waals surface area (Å²) in [5.41, 5.74) is -0.135. The first-order valence-electron chi connectivity index (χ1n) is 7.05. The van der Waals surface area contributed by atoms with E-state index in [0.29, 0.717) is 24.8 Å². The third-order valence-corrected chi connectivity index (χ3v) is 3.77. The number of nitrogens with zero attached hydrogens (tertiary/aromatic N) is 2. The molecule has 3 nitrogen and oxygen atoms in total. The quantitative estimate of drug-likeness (QED) is 0.928. The molecule has 0 bridgehead atoms. The first-order valence-corrected chi connectivity index (χ1v) is 7.05. The summed E-state index contributed by atoms with van der Waals surface area (Å²) in [5.74, 6) is 0. The Hall–Kier alpha value is -1.74. The fourth-order valence-electron chi connectivity index (χ4n) is 2.65. The van der Waals surface area contributed by atoms with E-state index >= 15 is 0 Å². The van der Waals surface area contributed by atoms with E-state index in [1.165, 1.54) is 6.07 Å². The van der Waals surface area contributed by atoms with Crippen molar-refractivity contribution < 1.29 is 13.2 Å². The summed E-state index contributed by atoms with van der Waals surface area (Å²) in [6, 6.07) is 5.59. The van der Waals surface area contributed by atoms with Gasteiger partial charge in [0.2, 0.25) is 0 Å². The lowest BCUT2D eigenvalue weighted by atomic mass is 10.1. The molecule has 1 aliphatic heterocycles. The normalized spacial score (nSPS) is 18.5.